The van der Waals surface area contributed by atoms with Crippen molar-refractivity contribution in [2.24, 2.45) is 0 Å². The molecule has 1 heterocycles. The van der Waals surface area contributed by atoms with E-state index in [9.17, 15) is 18.0 Å². The second-order valence-electron chi connectivity index (χ2n) is 7.07. The summed E-state index contributed by atoms with van der Waals surface area (Å²) >= 11 is 0. The Hall–Kier alpha value is -2.87. The number of anilines is 1. The zero-order valence-corrected chi connectivity index (χ0v) is 16.5. The van der Waals surface area contributed by atoms with Gasteiger partial charge in [0.15, 0.2) is 0 Å². The minimum atomic E-state index is -3.89. The van der Waals surface area contributed by atoms with E-state index >= 15 is 0 Å². The number of sulfonamides is 1. The van der Waals surface area contributed by atoms with Gasteiger partial charge in [-0.1, -0.05) is 17.7 Å². The van der Waals surface area contributed by atoms with Crippen LogP contribution in [0.25, 0.3) is 0 Å². The van der Waals surface area contributed by atoms with E-state index in [0.29, 0.717) is 19.4 Å². The molecule has 0 atom stereocenters. The molecular weight excluding hydrogens is 378 g/mol. The van der Waals surface area contributed by atoms with E-state index in [2.05, 4.69) is 5.43 Å². The summed E-state index contributed by atoms with van der Waals surface area (Å²) in [6, 6.07) is 11.7. The minimum Gasteiger partial charge on any atom is -0.286 e. The first kappa shape index (κ1) is 18.5. The van der Waals surface area contributed by atoms with Gasteiger partial charge in [0, 0.05) is 18.2 Å². The van der Waals surface area contributed by atoms with Gasteiger partial charge >= 0.3 is 0 Å². The molecule has 4 rings (SSSR count). The number of hydrogen-bond acceptors (Lipinski definition) is 5. The highest BCUT2D eigenvalue weighted by molar-refractivity contribution is 7.90. The van der Waals surface area contributed by atoms with E-state index < -0.39 is 21.8 Å². The van der Waals surface area contributed by atoms with E-state index in [0.717, 1.165) is 15.6 Å². The highest BCUT2D eigenvalue weighted by Crippen LogP contribution is 2.39. The predicted octanol–water partition coefficient (Wildman–Crippen LogP) is 2.47. The zero-order chi connectivity index (χ0) is 20.1. The Morgan fingerprint density at radius 3 is 2.46 bits per heavy atom. The third-order valence-corrected chi connectivity index (χ3v) is 6.86. The summed E-state index contributed by atoms with van der Waals surface area (Å²) in [5.41, 5.74) is 5.06. The van der Waals surface area contributed by atoms with Crippen LogP contribution in [0.3, 0.4) is 0 Å². The topological polar surface area (TPSA) is 86.8 Å². The number of hydrazine groups is 1. The Morgan fingerprint density at radius 2 is 1.86 bits per heavy atom. The molecule has 7 nitrogen and oxygen atoms in total. The number of carbonyl (C=O) groups is 2. The molecule has 0 unspecified atom stereocenters. The summed E-state index contributed by atoms with van der Waals surface area (Å²) in [7, 11) is -3.89. The van der Waals surface area contributed by atoms with E-state index in [1.165, 1.54) is 18.2 Å². The number of nitrogens with one attached hydrogen (secondary N) is 1. The van der Waals surface area contributed by atoms with Crippen molar-refractivity contribution in [1.29, 1.82) is 0 Å². The van der Waals surface area contributed by atoms with Crippen molar-refractivity contribution in [3.8, 4) is 0 Å². The molecular formula is C20H21N3O4S. The molecule has 1 aliphatic carbocycles. The molecule has 1 saturated carbocycles. The molecule has 8 heteroatoms. The number of aryl methyl sites for hydroxylation is 1. The minimum absolute atomic E-state index is 0.0876. The molecule has 1 fully saturated rings. The van der Waals surface area contributed by atoms with Gasteiger partial charge in [-0.15, -0.1) is 0 Å². The maximum Gasteiger partial charge on any atom is 0.269 e. The Bertz CT molecular complexity index is 1060. The summed E-state index contributed by atoms with van der Waals surface area (Å²) < 4.78 is 26.5. The zero-order valence-electron chi connectivity index (χ0n) is 15.7. The molecule has 0 radical (unpaired) electrons. The second kappa shape index (κ2) is 6.63. The van der Waals surface area contributed by atoms with Crippen molar-refractivity contribution in [2.75, 3.05) is 11.6 Å². The van der Waals surface area contributed by atoms with Gasteiger partial charge in [0.2, 0.25) is 0 Å². The van der Waals surface area contributed by atoms with Crippen molar-refractivity contribution in [1.82, 2.24) is 9.73 Å². The van der Waals surface area contributed by atoms with Crippen LogP contribution < -0.4 is 10.4 Å². The van der Waals surface area contributed by atoms with Crippen molar-refractivity contribution in [2.45, 2.75) is 37.6 Å². The van der Waals surface area contributed by atoms with Gasteiger partial charge in [-0.2, -0.15) is 0 Å². The van der Waals surface area contributed by atoms with Gasteiger partial charge in [-0.3, -0.25) is 20.0 Å². The van der Waals surface area contributed by atoms with Crippen LogP contribution in [0.2, 0.25) is 0 Å². The first-order valence-corrected chi connectivity index (χ1v) is 10.6. The highest BCUT2D eigenvalue weighted by Gasteiger charge is 2.48. The van der Waals surface area contributed by atoms with E-state index in [4.69, 9.17) is 0 Å². The molecule has 2 aromatic rings. The molecule has 1 N–H and O–H groups in total. The van der Waals surface area contributed by atoms with Crippen LogP contribution in [-0.4, -0.2) is 37.1 Å². The van der Waals surface area contributed by atoms with Crippen molar-refractivity contribution in [3.63, 3.8) is 0 Å². The average Bonchev–Trinajstić information content (AvgIpc) is 3.48. The fourth-order valence-electron chi connectivity index (χ4n) is 3.30. The SMILES string of the molecule is CCN(NC(=O)c1ccc2c(c1)S(=O)(=O)N(C1CC1)C2=O)c1ccc(C)cc1. The van der Waals surface area contributed by atoms with Gasteiger partial charge in [0.05, 0.1) is 11.3 Å². The van der Waals surface area contributed by atoms with Gasteiger partial charge in [-0.05, 0) is 57.0 Å². The van der Waals surface area contributed by atoms with E-state index in [1.54, 1.807) is 5.01 Å². The van der Waals surface area contributed by atoms with E-state index in [1.807, 2.05) is 38.1 Å². The molecule has 2 amide bonds. The second-order valence-corrected chi connectivity index (χ2v) is 8.85. The normalized spacial score (nSPS) is 17.4. The van der Waals surface area contributed by atoms with Crippen molar-refractivity contribution < 1.29 is 18.0 Å². The van der Waals surface area contributed by atoms with Crippen LogP contribution >= 0.6 is 0 Å². The lowest BCUT2D eigenvalue weighted by Gasteiger charge is -2.24. The molecule has 146 valence electrons. The van der Waals surface area contributed by atoms with Gasteiger partial charge in [-0.25, -0.2) is 12.7 Å². The van der Waals surface area contributed by atoms with E-state index in [-0.39, 0.29) is 22.1 Å². The largest absolute Gasteiger partial charge is 0.286 e. The maximum absolute atomic E-state index is 12.7. The molecule has 1 aliphatic heterocycles. The Balaban J connectivity index is 1.61. The lowest BCUT2D eigenvalue weighted by Crippen LogP contribution is -2.42. The summed E-state index contributed by atoms with van der Waals surface area (Å²) in [6.45, 7) is 4.42. The first-order valence-electron chi connectivity index (χ1n) is 9.21. The summed E-state index contributed by atoms with van der Waals surface area (Å²) in [6.07, 6.45) is 1.38. The number of rotatable bonds is 5. The quantitative estimate of drug-likeness (QED) is 0.781. The first-order chi connectivity index (χ1) is 13.3. The molecule has 0 aromatic heterocycles. The summed E-state index contributed by atoms with van der Waals surface area (Å²) in [4.78, 5) is 25.1. The van der Waals surface area contributed by atoms with Crippen LogP contribution in [0.4, 0.5) is 5.69 Å². The number of hydrogen-bond donors (Lipinski definition) is 1. The standard InChI is InChI=1S/C20H21N3O4S/c1-3-22(15-7-4-13(2)5-8-15)21-19(24)14-6-11-17-18(12-14)28(26,27)23(20(17)25)16-9-10-16/h4-8,11-12,16H,3,9-10H2,1-2H3,(H,21,24). The number of fused-ring (bicyclic) bond motifs is 1. The van der Waals surface area contributed by atoms with Gasteiger partial charge in [0.1, 0.15) is 4.90 Å². The van der Waals surface area contributed by atoms with Crippen LogP contribution in [-0.2, 0) is 10.0 Å². The monoisotopic (exact) mass is 399 g/mol. The summed E-state index contributed by atoms with van der Waals surface area (Å²) in [5, 5.41) is 1.69. The number of benzene rings is 2. The molecule has 0 saturated heterocycles. The number of nitrogens with zero attached hydrogens (tertiary/aromatic N) is 2. The van der Waals surface area contributed by atoms with Crippen LogP contribution in [0.5, 0.6) is 0 Å². The molecule has 2 aromatic carbocycles. The number of carbonyl (C=O) groups excluding carboxylic acids is 2. The van der Waals surface area contributed by atoms with Crippen LogP contribution in [0.15, 0.2) is 47.4 Å². The fraction of sp³-hybridized carbons (Fsp3) is 0.300. The third-order valence-electron chi connectivity index (χ3n) is 4.99. The predicted molar refractivity (Wildman–Crippen MR) is 104 cm³/mol. The number of amides is 2. The van der Waals surface area contributed by atoms with Crippen molar-refractivity contribution >= 4 is 27.5 Å². The third kappa shape index (κ3) is 3.03. The maximum atomic E-state index is 12.7. The molecule has 0 spiro atoms. The smallest absolute Gasteiger partial charge is 0.269 e. The molecule has 0 bridgehead atoms. The highest BCUT2D eigenvalue weighted by atomic mass is 32.2. The van der Waals surface area contributed by atoms with Crippen LogP contribution in [0.1, 0.15) is 46.0 Å². The van der Waals surface area contributed by atoms with Crippen LogP contribution in [0, 0.1) is 6.92 Å². The molecule has 2 aliphatic rings. The lowest BCUT2D eigenvalue weighted by molar-refractivity contribution is 0.0863. The lowest BCUT2D eigenvalue weighted by atomic mass is 10.1. The van der Waals surface area contributed by atoms with Gasteiger partial charge < -0.3 is 0 Å². The van der Waals surface area contributed by atoms with Crippen molar-refractivity contribution in [3.05, 3.63) is 59.2 Å². The van der Waals surface area contributed by atoms with Gasteiger partial charge in [0.25, 0.3) is 21.8 Å². The Morgan fingerprint density at radius 1 is 1.18 bits per heavy atom. The molecule has 28 heavy (non-hydrogen) atoms. The average molecular weight is 399 g/mol. The fourth-order valence-corrected chi connectivity index (χ4v) is 5.14. The Labute approximate surface area is 164 Å². The Kier molecular flexibility index (Phi) is 4.38. The summed E-state index contributed by atoms with van der Waals surface area (Å²) in [5.74, 6) is -0.933.